The van der Waals surface area contributed by atoms with E-state index in [0.717, 1.165) is 0 Å². The van der Waals surface area contributed by atoms with E-state index >= 15 is 0 Å². The molecule has 0 spiro atoms. The van der Waals surface area contributed by atoms with E-state index in [1.165, 1.54) is 28.4 Å². The lowest BCUT2D eigenvalue weighted by atomic mass is 10.1. The second-order valence-electron chi connectivity index (χ2n) is 6.54. The number of methoxy groups -OCH3 is 4. The zero-order valence-corrected chi connectivity index (χ0v) is 17.2. The highest BCUT2D eigenvalue weighted by Crippen LogP contribution is 2.54. The molecule has 2 aliphatic heterocycles. The Labute approximate surface area is 175 Å². The molecule has 162 valence electrons. The summed E-state index contributed by atoms with van der Waals surface area (Å²) in [6.45, 7) is 0.0123. The first-order valence-electron chi connectivity index (χ1n) is 9.19. The zero-order valence-electron chi connectivity index (χ0n) is 17.2. The van der Waals surface area contributed by atoms with E-state index in [0.29, 0.717) is 22.8 Å². The van der Waals surface area contributed by atoms with Crippen LogP contribution in [0, 0.1) is 0 Å². The maximum absolute atomic E-state index is 13.5. The first kappa shape index (κ1) is 19.0. The van der Waals surface area contributed by atoms with Crippen LogP contribution >= 0.6 is 0 Å². The molecule has 0 bridgehead atoms. The third-order valence-corrected chi connectivity index (χ3v) is 5.06. The van der Waals surface area contributed by atoms with Crippen molar-refractivity contribution in [3.8, 4) is 57.3 Å². The van der Waals surface area contributed by atoms with Crippen molar-refractivity contribution in [3.05, 3.63) is 22.4 Å². The molecule has 10 nitrogen and oxygen atoms in total. The van der Waals surface area contributed by atoms with E-state index in [4.69, 9.17) is 42.3 Å². The molecule has 0 atom stereocenters. The Morgan fingerprint density at radius 3 is 2.06 bits per heavy atom. The molecule has 3 aromatic rings. The van der Waals surface area contributed by atoms with Crippen molar-refractivity contribution >= 4 is 11.0 Å². The van der Waals surface area contributed by atoms with Gasteiger partial charge in [-0.25, -0.2) is 0 Å². The maximum atomic E-state index is 13.5. The van der Waals surface area contributed by atoms with Gasteiger partial charge < -0.3 is 42.3 Å². The Hall–Kier alpha value is -3.95. The summed E-state index contributed by atoms with van der Waals surface area (Å²) in [7, 11) is 5.74. The standard InChI is InChI=1S/C21H18O10/c1-23-10-5-9(6-11-15(10)28-7-27-11)14-18(25-3)13(22)12-16(24-2)20-21(30-8-29-20)19(26-4)17(12)31-14/h5-6H,7-8H2,1-4H3. The van der Waals surface area contributed by atoms with Gasteiger partial charge in [-0.15, -0.1) is 0 Å². The van der Waals surface area contributed by atoms with Gasteiger partial charge in [0.25, 0.3) is 0 Å². The van der Waals surface area contributed by atoms with Gasteiger partial charge in [0.2, 0.25) is 47.8 Å². The van der Waals surface area contributed by atoms with E-state index in [1.54, 1.807) is 12.1 Å². The number of rotatable bonds is 5. The lowest BCUT2D eigenvalue weighted by molar-refractivity contribution is 0.168. The Morgan fingerprint density at radius 2 is 1.39 bits per heavy atom. The zero-order chi connectivity index (χ0) is 21.7. The predicted molar refractivity (Wildman–Crippen MR) is 106 cm³/mol. The molecule has 3 heterocycles. The molecule has 0 aliphatic carbocycles. The average Bonchev–Trinajstić information content (AvgIpc) is 3.46. The van der Waals surface area contributed by atoms with Crippen LogP contribution in [0.15, 0.2) is 21.3 Å². The third-order valence-electron chi connectivity index (χ3n) is 5.06. The van der Waals surface area contributed by atoms with E-state index in [9.17, 15) is 4.79 Å². The number of fused-ring (bicyclic) bond motifs is 3. The molecule has 2 aliphatic rings. The fourth-order valence-electron chi connectivity index (χ4n) is 3.73. The summed E-state index contributed by atoms with van der Waals surface area (Å²) in [5.41, 5.74) is 0.139. The minimum absolute atomic E-state index is 0.0346. The van der Waals surface area contributed by atoms with Crippen LogP contribution in [-0.2, 0) is 0 Å². The maximum Gasteiger partial charge on any atom is 0.239 e. The van der Waals surface area contributed by atoms with Crippen molar-refractivity contribution < 1.29 is 42.3 Å². The molecule has 0 unspecified atom stereocenters. The Kier molecular flexibility index (Phi) is 4.35. The molecule has 0 radical (unpaired) electrons. The molecule has 1 aromatic heterocycles. The van der Waals surface area contributed by atoms with Crippen molar-refractivity contribution in [1.82, 2.24) is 0 Å². The van der Waals surface area contributed by atoms with E-state index in [-0.39, 0.29) is 59.1 Å². The highest BCUT2D eigenvalue weighted by molar-refractivity contribution is 5.97. The fraction of sp³-hybridized carbons (Fsp3) is 0.286. The van der Waals surface area contributed by atoms with Gasteiger partial charge >= 0.3 is 0 Å². The van der Waals surface area contributed by atoms with Crippen LogP contribution in [0.1, 0.15) is 0 Å². The van der Waals surface area contributed by atoms with Crippen LogP contribution in [0.5, 0.6) is 46.0 Å². The van der Waals surface area contributed by atoms with Gasteiger partial charge in [0.15, 0.2) is 28.6 Å². The molecule has 0 amide bonds. The largest absolute Gasteiger partial charge is 0.493 e. The van der Waals surface area contributed by atoms with Crippen LogP contribution in [0.25, 0.3) is 22.3 Å². The number of ether oxygens (including phenoxy) is 8. The van der Waals surface area contributed by atoms with Crippen LogP contribution in [-0.4, -0.2) is 42.0 Å². The van der Waals surface area contributed by atoms with Crippen LogP contribution in [0.3, 0.4) is 0 Å². The highest BCUT2D eigenvalue weighted by atomic mass is 16.7. The van der Waals surface area contributed by atoms with Crippen molar-refractivity contribution in [1.29, 1.82) is 0 Å². The molecule has 10 heteroatoms. The average molecular weight is 430 g/mol. The van der Waals surface area contributed by atoms with E-state index in [2.05, 4.69) is 0 Å². The van der Waals surface area contributed by atoms with E-state index < -0.39 is 5.43 Å². The van der Waals surface area contributed by atoms with Crippen LogP contribution in [0.4, 0.5) is 0 Å². The lowest BCUT2D eigenvalue weighted by Gasteiger charge is -2.15. The Bertz CT molecular complexity index is 1260. The van der Waals surface area contributed by atoms with Gasteiger partial charge in [-0.2, -0.15) is 0 Å². The quantitative estimate of drug-likeness (QED) is 0.600. The Balaban J connectivity index is 1.88. The molecule has 0 saturated carbocycles. The second-order valence-corrected chi connectivity index (χ2v) is 6.54. The SMILES string of the molecule is COc1cc(-c2oc3c(OC)c4c(c(OC)c3c(=O)c2OC)OCO4)cc2c1OCO2. The van der Waals surface area contributed by atoms with Gasteiger partial charge in [0.1, 0.15) is 5.39 Å². The smallest absolute Gasteiger partial charge is 0.239 e. The minimum atomic E-state index is -0.469. The minimum Gasteiger partial charge on any atom is -0.493 e. The summed E-state index contributed by atoms with van der Waals surface area (Å²) in [4.78, 5) is 13.5. The van der Waals surface area contributed by atoms with Crippen LogP contribution in [0.2, 0.25) is 0 Å². The van der Waals surface area contributed by atoms with Gasteiger partial charge in [0.05, 0.1) is 28.4 Å². The van der Waals surface area contributed by atoms with Crippen molar-refractivity contribution in [2.24, 2.45) is 0 Å². The number of hydrogen-bond acceptors (Lipinski definition) is 10. The summed E-state index contributed by atoms with van der Waals surface area (Å²) < 4.78 is 50.0. The normalized spacial score (nSPS) is 13.4. The van der Waals surface area contributed by atoms with Gasteiger partial charge in [-0.05, 0) is 12.1 Å². The third kappa shape index (κ3) is 2.61. The second kappa shape index (κ2) is 7.08. The first-order chi connectivity index (χ1) is 15.1. The molecule has 2 aromatic carbocycles. The molecular formula is C21H18O10. The number of benzene rings is 2. The number of hydrogen-bond donors (Lipinski definition) is 0. The van der Waals surface area contributed by atoms with Gasteiger partial charge in [0, 0.05) is 5.56 Å². The molecule has 5 rings (SSSR count). The molecular weight excluding hydrogens is 412 g/mol. The van der Waals surface area contributed by atoms with Crippen LogP contribution < -0.4 is 43.3 Å². The monoisotopic (exact) mass is 430 g/mol. The fourth-order valence-corrected chi connectivity index (χ4v) is 3.73. The van der Waals surface area contributed by atoms with Gasteiger partial charge in [-0.1, -0.05) is 0 Å². The highest BCUT2D eigenvalue weighted by Gasteiger charge is 2.33. The summed E-state index contributed by atoms with van der Waals surface area (Å²) in [5, 5.41) is 0.108. The summed E-state index contributed by atoms with van der Waals surface area (Å²) in [5.74, 6) is 2.38. The summed E-state index contributed by atoms with van der Waals surface area (Å²) in [6.07, 6.45) is 0. The van der Waals surface area contributed by atoms with Crippen molar-refractivity contribution in [2.75, 3.05) is 42.0 Å². The van der Waals surface area contributed by atoms with Crippen molar-refractivity contribution in [3.63, 3.8) is 0 Å². The molecule has 0 fully saturated rings. The summed E-state index contributed by atoms with van der Waals surface area (Å²) in [6, 6.07) is 3.34. The Morgan fingerprint density at radius 1 is 0.742 bits per heavy atom. The van der Waals surface area contributed by atoms with Gasteiger partial charge in [-0.3, -0.25) is 4.79 Å². The lowest BCUT2D eigenvalue weighted by Crippen LogP contribution is -2.10. The summed E-state index contributed by atoms with van der Waals surface area (Å²) >= 11 is 0. The topological polar surface area (TPSA) is 104 Å². The molecule has 31 heavy (non-hydrogen) atoms. The van der Waals surface area contributed by atoms with E-state index in [1.807, 2.05) is 0 Å². The predicted octanol–water partition coefficient (Wildman–Crippen LogP) is 2.95. The van der Waals surface area contributed by atoms with Crippen molar-refractivity contribution in [2.45, 2.75) is 0 Å². The molecule has 0 saturated heterocycles. The first-order valence-corrected chi connectivity index (χ1v) is 9.19. The molecule has 0 N–H and O–H groups in total.